The lowest BCUT2D eigenvalue weighted by atomic mass is 10.00. The van der Waals surface area contributed by atoms with Crippen LogP contribution in [0.4, 0.5) is 17.6 Å². The molecule has 0 amide bonds. The molecule has 0 saturated carbocycles. The molecule has 2 unspecified atom stereocenters. The summed E-state index contributed by atoms with van der Waals surface area (Å²) in [7, 11) is 0. The number of hydrogen-bond acceptors (Lipinski definition) is 2. The Kier molecular flexibility index (Phi) is 5.66. The summed E-state index contributed by atoms with van der Waals surface area (Å²) in [5, 5.41) is 2.52. The molecule has 102 valence electrons. The first-order chi connectivity index (χ1) is 7.95. The van der Waals surface area contributed by atoms with E-state index in [0.29, 0.717) is 19.4 Å². The predicted molar refractivity (Wildman–Crippen MR) is 56.6 cm³/mol. The molecule has 0 spiro atoms. The zero-order chi connectivity index (χ0) is 12.9. The van der Waals surface area contributed by atoms with E-state index in [1.807, 2.05) is 6.92 Å². The number of alkyl halides is 4. The molecule has 6 heteroatoms. The van der Waals surface area contributed by atoms with Crippen molar-refractivity contribution < 1.29 is 22.3 Å². The Labute approximate surface area is 98.7 Å². The smallest absolute Gasteiger partial charge is 0.319 e. The Hall–Kier alpha value is -0.360. The molecule has 0 aromatic rings. The van der Waals surface area contributed by atoms with Gasteiger partial charge in [0.2, 0.25) is 0 Å². The van der Waals surface area contributed by atoms with Gasteiger partial charge in [-0.15, -0.1) is 0 Å². The van der Waals surface area contributed by atoms with Gasteiger partial charge in [0, 0.05) is 12.6 Å². The van der Waals surface area contributed by atoms with Crippen molar-refractivity contribution in [1.29, 1.82) is 0 Å². The van der Waals surface area contributed by atoms with E-state index in [-0.39, 0.29) is 12.1 Å². The van der Waals surface area contributed by atoms with Gasteiger partial charge in [0.25, 0.3) is 0 Å². The Morgan fingerprint density at radius 3 is 2.71 bits per heavy atom. The predicted octanol–water partition coefficient (Wildman–Crippen LogP) is 2.82. The summed E-state index contributed by atoms with van der Waals surface area (Å²) in [5.74, 6) is -3.95. The molecule has 2 nitrogen and oxygen atoms in total. The third-order valence-corrected chi connectivity index (χ3v) is 2.92. The normalized spacial score (nSPS) is 26.5. The molecular formula is C11H19F4NO. The van der Waals surface area contributed by atoms with Gasteiger partial charge in [-0.05, 0) is 19.3 Å². The SMILES string of the molecule is CCCC1CC(NCC(F)(F)C(F)F)CCO1. The minimum Gasteiger partial charge on any atom is -0.378 e. The lowest BCUT2D eigenvalue weighted by Crippen LogP contribution is -2.46. The Morgan fingerprint density at radius 2 is 2.12 bits per heavy atom. The highest BCUT2D eigenvalue weighted by atomic mass is 19.3. The number of hydrogen-bond donors (Lipinski definition) is 1. The second-order valence-corrected chi connectivity index (χ2v) is 4.45. The Bertz CT molecular complexity index is 224. The van der Waals surface area contributed by atoms with Crippen LogP contribution in [0.25, 0.3) is 0 Å². The van der Waals surface area contributed by atoms with E-state index in [1.54, 1.807) is 0 Å². The quantitative estimate of drug-likeness (QED) is 0.739. The van der Waals surface area contributed by atoms with Crippen LogP contribution in [0.3, 0.4) is 0 Å². The number of ether oxygens (including phenoxy) is 1. The molecule has 1 aliphatic heterocycles. The molecule has 17 heavy (non-hydrogen) atoms. The van der Waals surface area contributed by atoms with E-state index in [4.69, 9.17) is 4.74 Å². The van der Waals surface area contributed by atoms with Crippen molar-refractivity contribution in [2.45, 2.75) is 57.1 Å². The van der Waals surface area contributed by atoms with E-state index in [2.05, 4.69) is 5.32 Å². The minimum atomic E-state index is -3.95. The maximum atomic E-state index is 12.7. The number of halogens is 4. The molecule has 0 aromatic carbocycles. The van der Waals surface area contributed by atoms with Gasteiger partial charge in [0.05, 0.1) is 12.6 Å². The zero-order valence-electron chi connectivity index (χ0n) is 9.89. The summed E-state index contributed by atoms with van der Waals surface area (Å²) >= 11 is 0. The third-order valence-electron chi connectivity index (χ3n) is 2.92. The maximum Gasteiger partial charge on any atom is 0.319 e. The van der Waals surface area contributed by atoms with Crippen LogP contribution in [0.5, 0.6) is 0 Å². The second-order valence-electron chi connectivity index (χ2n) is 4.45. The van der Waals surface area contributed by atoms with E-state index < -0.39 is 18.9 Å². The monoisotopic (exact) mass is 257 g/mol. The summed E-state index contributed by atoms with van der Waals surface area (Å²) in [6.45, 7) is 1.56. The van der Waals surface area contributed by atoms with Gasteiger partial charge in [-0.3, -0.25) is 0 Å². The Morgan fingerprint density at radius 1 is 1.41 bits per heavy atom. The van der Waals surface area contributed by atoms with Crippen molar-refractivity contribution >= 4 is 0 Å². The van der Waals surface area contributed by atoms with Crippen LogP contribution < -0.4 is 5.32 Å². The van der Waals surface area contributed by atoms with Crippen LogP contribution in [-0.4, -0.2) is 37.6 Å². The van der Waals surface area contributed by atoms with Crippen LogP contribution in [0.1, 0.15) is 32.6 Å². The highest BCUT2D eigenvalue weighted by molar-refractivity contribution is 4.80. The van der Waals surface area contributed by atoms with Crippen LogP contribution >= 0.6 is 0 Å². The number of rotatable bonds is 6. The van der Waals surface area contributed by atoms with Crippen molar-refractivity contribution in [3.63, 3.8) is 0 Å². The molecule has 1 aliphatic rings. The van der Waals surface area contributed by atoms with Crippen molar-refractivity contribution in [2.75, 3.05) is 13.2 Å². The van der Waals surface area contributed by atoms with E-state index >= 15 is 0 Å². The summed E-state index contributed by atoms with van der Waals surface area (Å²) < 4.78 is 54.8. The minimum absolute atomic E-state index is 0.0615. The third kappa shape index (κ3) is 4.79. The van der Waals surface area contributed by atoms with Crippen molar-refractivity contribution in [3.05, 3.63) is 0 Å². The molecular weight excluding hydrogens is 238 g/mol. The number of nitrogens with one attached hydrogen (secondary N) is 1. The molecule has 0 aliphatic carbocycles. The molecule has 0 radical (unpaired) electrons. The molecule has 2 atom stereocenters. The zero-order valence-corrected chi connectivity index (χ0v) is 9.89. The van der Waals surface area contributed by atoms with Gasteiger partial charge in [0.15, 0.2) is 0 Å². The van der Waals surface area contributed by atoms with E-state index in [9.17, 15) is 17.6 Å². The molecule has 1 N–H and O–H groups in total. The fraction of sp³-hybridized carbons (Fsp3) is 1.00. The summed E-state index contributed by atoms with van der Waals surface area (Å²) in [5.41, 5.74) is 0. The molecule has 1 saturated heterocycles. The molecule has 1 fully saturated rings. The highest BCUT2D eigenvalue weighted by Gasteiger charge is 2.41. The van der Waals surface area contributed by atoms with Crippen LogP contribution in [0.2, 0.25) is 0 Å². The highest BCUT2D eigenvalue weighted by Crippen LogP contribution is 2.23. The fourth-order valence-electron chi connectivity index (χ4n) is 1.95. The molecule has 1 heterocycles. The summed E-state index contributed by atoms with van der Waals surface area (Å²) in [4.78, 5) is 0. The van der Waals surface area contributed by atoms with Gasteiger partial charge in [-0.1, -0.05) is 13.3 Å². The van der Waals surface area contributed by atoms with Gasteiger partial charge >= 0.3 is 12.3 Å². The van der Waals surface area contributed by atoms with Crippen LogP contribution in [-0.2, 0) is 4.74 Å². The lowest BCUT2D eigenvalue weighted by molar-refractivity contribution is -0.128. The van der Waals surface area contributed by atoms with Crippen molar-refractivity contribution in [1.82, 2.24) is 5.32 Å². The topological polar surface area (TPSA) is 21.3 Å². The van der Waals surface area contributed by atoms with E-state index in [1.165, 1.54) is 0 Å². The first kappa shape index (κ1) is 14.7. The van der Waals surface area contributed by atoms with Gasteiger partial charge in [-0.25, -0.2) is 8.78 Å². The first-order valence-corrected chi connectivity index (χ1v) is 5.96. The lowest BCUT2D eigenvalue weighted by Gasteiger charge is -2.31. The van der Waals surface area contributed by atoms with Crippen molar-refractivity contribution in [2.24, 2.45) is 0 Å². The van der Waals surface area contributed by atoms with Gasteiger partial charge in [-0.2, -0.15) is 8.78 Å². The average molecular weight is 257 g/mol. The Balaban J connectivity index is 2.31. The van der Waals surface area contributed by atoms with Crippen LogP contribution in [0.15, 0.2) is 0 Å². The maximum absolute atomic E-state index is 12.7. The second kappa shape index (κ2) is 6.54. The standard InChI is InChI=1S/C11H19F4NO/c1-2-3-9-6-8(4-5-17-9)16-7-11(14,15)10(12)13/h8-10,16H,2-7H2,1H3. The average Bonchev–Trinajstić information content (AvgIpc) is 2.27. The van der Waals surface area contributed by atoms with Gasteiger partial charge in [0.1, 0.15) is 0 Å². The van der Waals surface area contributed by atoms with Crippen LogP contribution in [0, 0.1) is 0 Å². The summed E-state index contributed by atoms with van der Waals surface area (Å²) in [6, 6.07) is -0.148. The van der Waals surface area contributed by atoms with Crippen molar-refractivity contribution in [3.8, 4) is 0 Å². The summed E-state index contributed by atoms with van der Waals surface area (Å²) in [6.07, 6.45) is -0.492. The van der Waals surface area contributed by atoms with E-state index in [0.717, 1.165) is 12.8 Å². The fourth-order valence-corrected chi connectivity index (χ4v) is 1.95. The molecule has 0 bridgehead atoms. The largest absolute Gasteiger partial charge is 0.378 e. The first-order valence-electron chi connectivity index (χ1n) is 5.96. The van der Waals surface area contributed by atoms with Gasteiger partial charge < -0.3 is 10.1 Å². The molecule has 0 aromatic heterocycles. The molecule has 1 rings (SSSR count).